The van der Waals surface area contributed by atoms with Crippen molar-refractivity contribution in [3.8, 4) is 11.5 Å². The average Bonchev–Trinajstić information content (AvgIpc) is 0.793. The van der Waals surface area contributed by atoms with Crippen LogP contribution in [0.3, 0.4) is 0 Å². The Kier molecular flexibility index (Phi) is 75.7. The third-order valence-corrected chi connectivity index (χ3v) is 19.8. The van der Waals surface area contributed by atoms with Crippen molar-refractivity contribution >= 4 is 193 Å². The number of carboxylic acids is 4. The number of ether oxygens (including phenoxy) is 6. The van der Waals surface area contributed by atoms with E-state index in [1.165, 1.54) is 40.4 Å². The van der Waals surface area contributed by atoms with Gasteiger partial charge in [0.1, 0.15) is 11.6 Å². The van der Waals surface area contributed by atoms with E-state index < -0.39 is 135 Å². The molecule has 6 rings (SSSR count). The molecule has 0 bridgehead atoms. The molecule has 0 aliphatic heterocycles. The van der Waals surface area contributed by atoms with Crippen molar-refractivity contribution in [3.05, 3.63) is 190 Å². The van der Waals surface area contributed by atoms with E-state index in [0.29, 0.717) is 85.9 Å². The first-order valence-electron chi connectivity index (χ1n) is 44.2. The molecule has 824 valence electrons. The molecular formula is C97H121Br4F13N8O26. The fourth-order valence-electron chi connectivity index (χ4n) is 9.51. The summed E-state index contributed by atoms with van der Waals surface area (Å²) in [5, 5.41) is 50.4. The van der Waals surface area contributed by atoms with Gasteiger partial charge in [-0.15, -0.1) is 0 Å². The Bertz CT molecular complexity index is 5250. The second kappa shape index (κ2) is 79.3. The number of carboxylic acid groups (broad SMARTS) is 4. The number of hydrogen-bond donors (Lipinski definition) is 12. The number of carbonyl (C=O) groups is 16. The Balaban J connectivity index is -0.000000791. The number of carbonyl (C=O) groups excluding carboxylic acids is 12. The number of unbranched alkanes of at least 4 members (excludes halogenated alkanes) is 6. The fraction of sp³-hybridized carbons (Fsp3) is 0.423. The van der Waals surface area contributed by atoms with Gasteiger partial charge in [-0.2, -0.15) is 30.7 Å². The van der Waals surface area contributed by atoms with Gasteiger partial charge in [-0.25, -0.2) is 45.5 Å². The highest BCUT2D eigenvalue weighted by atomic mass is 79.9. The number of anilines is 4. The third-order valence-electron chi connectivity index (χ3n) is 17.3. The number of alkyl carbamates (subject to hydrolysis) is 1. The van der Waals surface area contributed by atoms with Crippen molar-refractivity contribution < 1.29 is 183 Å². The van der Waals surface area contributed by atoms with Gasteiger partial charge >= 0.3 is 66.0 Å². The van der Waals surface area contributed by atoms with Gasteiger partial charge in [0.25, 0.3) is 0 Å². The zero-order valence-electron chi connectivity index (χ0n) is 82.8. The van der Waals surface area contributed by atoms with Crippen LogP contribution in [0.25, 0.3) is 12.2 Å². The number of alkyl halides is 6. The molecule has 0 heterocycles. The van der Waals surface area contributed by atoms with E-state index in [-0.39, 0.29) is 101 Å². The Labute approximate surface area is 879 Å². The van der Waals surface area contributed by atoms with Crippen molar-refractivity contribution in [1.29, 1.82) is 0 Å². The molecule has 1 atom stereocenters. The molecule has 51 heteroatoms. The van der Waals surface area contributed by atoms with Crippen LogP contribution in [0, 0.1) is 75.9 Å². The van der Waals surface area contributed by atoms with E-state index in [1.807, 2.05) is 120 Å². The van der Waals surface area contributed by atoms with E-state index in [2.05, 4.69) is 119 Å². The number of aliphatic carboxylic acids is 4. The normalized spacial score (nSPS) is 10.6. The van der Waals surface area contributed by atoms with Gasteiger partial charge in [0, 0.05) is 97.8 Å². The number of aryl methyl sites for hydroxylation is 2. The summed E-state index contributed by atoms with van der Waals surface area (Å²) < 4.78 is 189. The first kappa shape index (κ1) is 141. The van der Waals surface area contributed by atoms with Gasteiger partial charge in [0.05, 0.1) is 37.3 Å². The number of nitrogen functional groups attached to an aromatic ring is 1. The molecule has 14 N–H and O–H groups in total. The van der Waals surface area contributed by atoms with Gasteiger partial charge in [0.2, 0.25) is 104 Å². The highest BCUT2D eigenvalue weighted by molar-refractivity contribution is 9.19. The van der Waals surface area contributed by atoms with Crippen molar-refractivity contribution in [2.45, 2.75) is 190 Å². The maximum Gasteiger partial charge on any atom is 0.491 e. The van der Waals surface area contributed by atoms with Crippen molar-refractivity contribution in [2.24, 2.45) is 23.5 Å². The smallest absolute Gasteiger partial charge is 0.481 e. The summed E-state index contributed by atoms with van der Waals surface area (Å²) in [6.07, 6.45) is 7.39. The highest BCUT2D eigenvalue weighted by Gasteiger charge is 2.43. The SMILES string of the molecule is CC(C)C(=O)Nc1ccccc1CCC(=O)O.COC(=O)/C=C/c1ccccc1N.COC(=O)/C=C/c1ccccc1NC(=O)C(C)C.COC(=O)CCc1ccccc1NC(=O)C(C)C.C[C@H](NC(=O)OC(C)(C)C)C(=O)O.NCCCCCC(=O)O.O=C(Br)CBr.O=C(CBr)NCCCCCC(=O)Oc1c(F)c(F)c(F)c(F)c1F.O=C(O)CCCCCNC(=O)CBr.O=C(Oc1c(F)c(F)c(F)c(F)c1F)C(F)(F)F. The predicted molar refractivity (Wildman–Crippen MR) is 536 cm³/mol. The molecule has 0 fully saturated rings. The molecule has 0 saturated heterocycles. The molecule has 0 aliphatic rings. The lowest BCUT2D eigenvalue weighted by Gasteiger charge is -2.20. The third kappa shape index (κ3) is 67.1. The van der Waals surface area contributed by atoms with Crippen LogP contribution in [0.15, 0.2) is 109 Å². The van der Waals surface area contributed by atoms with Crippen LogP contribution in [0.4, 0.5) is 84.6 Å². The number of amides is 6. The first-order chi connectivity index (χ1) is 69.1. The number of rotatable bonds is 40. The number of para-hydroxylation sites is 4. The minimum atomic E-state index is -5.65. The van der Waals surface area contributed by atoms with E-state index in [0.717, 1.165) is 60.0 Å². The summed E-state index contributed by atoms with van der Waals surface area (Å²) in [4.78, 5) is 173. The molecule has 6 amide bonds. The standard InChI is InChI=1S/C14H13BrF5NO3.C14H19NO3.C14H17NO3.C13H17NO3.C10H11NO2.C8H14BrNO3.C8F8O2.C8H15NO4.C6H13NO2.C2H2Br2O/c15-6-7(22)21-5-3-1-2-4-8(23)24-14-12(19)10(17)9(16)11(18)13(14)20;2*1-10(2)14(17)15-12-7-5-4-6-11(12)8-9-13(16)18-3;1-9(2)13(17)14-11-6-4-3-5-10(11)7-8-12(15)16;1-13-10(12)7-6-8-4-2-3-5-9(8)11;9-6-7(11)10-5-3-1-2-4-8(12)13;9-1-2(10)4(12)6(5(13)3(1)11)18-7(17)8(14,15)16;1-5(6(10)11)9-7(12)13-8(2,3)4;7-5-3-1-2-4-6(8)9;3-1-2(4)5/h1-6H2,(H,21,22);4-7,10H,8-9H2,1-3H3,(H,15,17);4-10H,1-3H3,(H,15,17);3-6,9H,7-8H2,1-2H3,(H,14,17)(H,15,16);2-7H,11H2,1H3;1-6H2,(H,10,11)(H,12,13);;5H,1-4H3,(H,9,12)(H,10,11);1-5,7H2,(H,8,9);1H2/b;;9-8+;;7-6+;;;;;/t;;;;;;;5-;;/m.......0../s1. The first-order valence-corrected chi connectivity index (χ1v) is 48.4. The van der Waals surface area contributed by atoms with Crippen molar-refractivity contribution in [2.75, 3.05) is 78.6 Å². The Morgan fingerprint density at radius 3 is 1.09 bits per heavy atom. The van der Waals surface area contributed by atoms with Gasteiger partial charge in [-0.3, -0.25) is 57.5 Å². The maximum atomic E-state index is 13.3. The summed E-state index contributed by atoms with van der Waals surface area (Å²) >= 11 is 11.6. The quantitative estimate of drug-likeness (QED) is 0.00145. The highest BCUT2D eigenvalue weighted by Crippen LogP contribution is 2.33. The largest absolute Gasteiger partial charge is 0.491 e. The van der Waals surface area contributed by atoms with E-state index in [1.54, 1.807) is 51.1 Å². The number of esters is 5. The summed E-state index contributed by atoms with van der Waals surface area (Å²) in [5.41, 5.74) is 16.4. The summed E-state index contributed by atoms with van der Waals surface area (Å²) in [6, 6.07) is 28.4. The zero-order valence-corrected chi connectivity index (χ0v) is 89.1. The lowest BCUT2D eigenvalue weighted by Crippen LogP contribution is -2.41. The lowest BCUT2D eigenvalue weighted by molar-refractivity contribution is -0.190. The molecule has 0 aliphatic carbocycles. The van der Waals surface area contributed by atoms with Gasteiger partial charge in [0.15, 0.2) is 0 Å². The number of hydrogen-bond acceptors (Lipinski definition) is 24. The maximum absolute atomic E-state index is 13.3. The van der Waals surface area contributed by atoms with E-state index in [4.69, 9.17) is 36.6 Å². The number of benzene rings is 6. The molecular weight excluding hydrogens is 2260 g/mol. The van der Waals surface area contributed by atoms with E-state index >= 15 is 0 Å². The number of nitrogens with two attached hydrogens (primary N) is 2. The van der Waals surface area contributed by atoms with Crippen molar-refractivity contribution in [3.63, 3.8) is 0 Å². The zero-order chi connectivity index (χ0) is 114. The summed E-state index contributed by atoms with van der Waals surface area (Å²) in [7, 11) is 4.02. The Morgan fingerprint density at radius 1 is 0.412 bits per heavy atom. The minimum absolute atomic E-state index is 0.0162. The van der Waals surface area contributed by atoms with Crippen LogP contribution in [0.2, 0.25) is 0 Å². The second-order valence-corrected chi connectivity index (χ2v) is 34.0. The minimum Gasteiger partial charge on any atom is -0.481 e. The van der Waals surface area contributed by atoms with Crippen LogP contribution >= 0.6 is 63.7 Å². The summed E-state index contributed by atoms with van der Waals surface area (Å²) in [5.74, 6) is -37.3. The van der Waals surface area contributed by atoms with Crippen LogP contribution in [0.1, 0.15) is 181 Å². The molecule has 0 spiro atoms. The number of halogens is 17. The average molecular weight is 2380 g/mol. The van der Waals surface area contributed by atoms with E-state index in [9.17, 15) is 134 Å². The Hall–Kier alpha value is -12.9. The summed E-state index contributed by atoms with van der Waals surface area (Å²) in [6.45, 7) is 19.1. The van der Waals surface area contributed by atoms with Crippen LogP contribution < -0.4 is 52.8 Å². The number of nitrogens with one attached hydrogen (secondary N) is 6. The molecule has 0 unspecified atom stereocenters. The lowest BCUT2D eigenvalue weighted by atomic mass is 10.1. The Morgan fingerprint density at radius 2 is 0.750 bits per heavy atom. The molecule has 6 aromatic carbocycles. The molecule has 0 radical (unpaired) electrons. The topological polar surface area (TPSA) is 534 Å². The molecule has 0 aromatic heterocycles. The van der Waals surface area contributed by atoms with Gasteiger partial charge in [-0.1, -0.05) is 181 Å². The van der Waals surface area contributed by atoms with Crippen LogP contribution in [-0.4, -0.2) is 189 Å². The van der Waals surface area contributed by atoms with Crippen molar-refractivity contribution in [1.82, 2.24) is 16.0 Å². The molecule has 0 saturated carbocycles. The molecule has 6 aromatic rings. The fourth-order valence-corrected chi connectivity index (χ4v) is 9.91. The van der Waals surface area contributed by atoms with Crippen LogP contribution in [0.5, 0.6) is 11.5 Å². The van der Waals surface area contributed by atoms with Crippen LogP contribution in [-0.2, 0) is 104 Å². The molecule has 34 nitrogen and oxygen atoms in total. The molecule has 148 heavy (non-hydrogen) atoms. The second-order valence-electron chi connectivity index (χ2n) is 31.5. The number of methoxy groups -OCH3 is 3. The van der Waals surface area contributed by atoms with Gasteiger partial charge < -0.3 is 92.2 Å². The van der Waals surface area contributed by atoms with Gasteiger partial charge in [-0.05, 0) is 160 Å². The predicted octanol–water partition coefficient (Wildman–Crippen LogP) is 18.8. The monoisotopic (exact) mass is 2380 g/mol.